The largest absolute Gasteiger partial charge is 0.493 e. The van der Waals surface area contributed by atoms with E-state index in [1.54, 1.807) is 12.1 Å². The van der Waals surface area contributed by atoms with Gasteiger partial charge in [-0.15, -0.1) is 0 Å². The quantitative estimate of drug-likeness (QED) is 0.571. The molecule has 0 radical (unpaired) electrons. The predicted octanol–water partition coefficient (Wildman–Crippen LogP) is 2.34. The molecule has 2 amide bonds. The molecular weight excluding hydrogens is 400 g/mol. The maximum atomic E-state index is 12.5. The highest BCUT2D eigenvalue weighted by Crippen LogP contribution is 2.38. The number of benzene rings is 2. The van der Waals surface area contributed by atoms with Crippen LogP contribution in [0.15, 0.2) is 36.4 Å². The van der Waals surface area contributed by atoms with E-state index in [1.807, 2.05) is 24.3 Å². The zero-order valence-electron chi connectivity index (χ0n) is 18.0. The van der Waals surface area contributed by atoms with Crippen LogP contribution in [0.25, 0.3) is 0 Å². The van der Waals surface area contributed by atoms with Crippen molar-refractivity contribution in [3.8, 4) is 23.0 Å². The van der Waals surface area contributed by atoms with E-state index in [-0.39, 0.29) is 18.4 Å². The van der Waals surface area contributed by atoms with Crippen molar-refractivity contribution in [1.29, 1.82) is 0 Å². The highest BCUT2D eigenvalue weighted by molar-refractivity contribution is 5.95. The summed E-state index contributed by atoms with van der Waals surface area (Å²) in [4.78, 5) is 24.2. The van der Waals surface area contributed by atoms with Gasteiger partial charge in [0.2, 0.25) is 5.75 Å². The molecule has 2 aromatic carbocycles. The Bertz CT molecular complexity index is 884. The van der Waals surface area contributed by atoms with Crippen LogP contribution in [0.1, 0.15) is 28.8 Å². The molecule has 0 saturated heterocycles. The lowest BCUT2D eigenvalue weighted by atomic mass is 10.1. The van der Waals surface area contributed by atoms with Crippen LogP contribution in [-0.2, 0) is 11.2 Å². The lowest BCUT2D eigenvalue weighted by Gasteiger charge is -2.14. The second-order valence-corrected chi connectivity index (χ2v) is 7.19. The summed E-state index contributed by atoms with van der Waals surface area (Å²) in [6.07, 6.45) is 2.76. The first-order chi connectivity index (χ1) is 15.0. The normalized spacial score (nSPS) is 12.6. The number of hydrogen-bond acceptors (Lipinski definition) is 6. The van der Waals surface area contributed by atoms with E-state index >= 15 is 0 Å². The first-order valence-electron chi connectivity index (χ1n) is 10.1. The van der Waals surface area contributed by atoms with Gasteiger partial charge in [-0.25, -0.2) is 0 Å². The molecule has 1 aliphatic carbocycles. The van der Waals surface area contributed by atoms with Gasteiger partial charge in [-0.2, -0.15) is 0 Å². The van der Waals surface area contributed by atoms with Gasteiger partial charge < -0.3 is 29.6 Å². The van der Waals surface area contributed by atoms with Gasteiger partial charge in [0, 0.05) is 18.2 Å². The number of nitrogens with one attached hydrogen (secondary N) is 2. The van der Waals surface area contributed by atoms with Crippen molar-refractivity contribution in [3.63, 3.8) is 0 Å². The van der Waals surface area contributed by atoms with Gasteiger partial charge in [0.25, 0.3) is 11.8 Å². The molecule has 0 aliphatic heterocycles. The zero-order valence-corrected chi connectivity index (χ0v) is 18.0. The molecule has 0 atom stereocenters. The molecule has 2 aromatic rings. The van der Waals surface area contributed by atoms with E-state index in [0.717, 1.165) is 18.4 Å². The maximum absolute atomic E-state index is 12.5. The Hall–Kier alpha value is -3.42. The van der Waals surface area contributed by atoms with Crippen molar-refractivity contribution in [1.82, 2.24) is 10.6 Å². The molecule has 0 heterocycles. The van der Waals surface area contributed by atoms with E-state index in [4.69, 9.17) is 18.9 Å². The Labute approximate surface area is 181 Å². The van der Waals surface area contributed by atoms with Gasteiger partial charge in [0.05, 0.1) is 21.3 Å². The highest BCUT2D eigenvalue weighted by Gasteiger charge is 2.23. The third kappa shape index (κ3) is 6.28. The Balaban J connectivity index is 1.48. The molecule has 1 fully saturated rings. The van der Waals surface area contributed by atoms with Gasteiger partial charge in [0.1, 0.15) is 5.75 Å². The molecule has 0 aromatic heterocycles. The first kappa shape index (κ1) is 22.3. The van der Waals surface area contributed by atoms with Crippen LogP contribution in [0.5, 0.6) is 23.0 Å². The zero-order chi connectivity index (χ0) is 22.2. The molecule has 3 rings (SSSR count). The lowest BCUT2D eigenvalue weighted by molar-refractivity contribution is -0.123. The molecule has 2 N–H and O–H groups in total. The van der Waals surface area contributed by atoms with Crippen LogP contribution < -0.4 is 29.6 Å². The van der Waals surface area contributed by atoms with Crippen molar-refractivity contribution < 1.29 is 28.5 Å². The Morgan fingerprint density at radius 2 is 1.61 bits per heavy atom. The summed E-state index contributed by atoms with van der Waals surface area (Å²) < 4.78 is 21.4. The van der Waals surface area contributed by atoms with E-state index in [9.17, 15) is 9.59 Å². The van der Waals surface area contributed by atoms with Crippen LogP contribution in [0.2, 0.25) is 0 Å². The fraction of sp³-hybridized carbons (Fsp3) is 0.391. The molecule has 8 nitrogen and oxygen atoms in total. The smallest absolute Gasteiger partial charge is 0.258 e. The van der Waals surface area contributed by atoms with Gasteiger partial charge in [-0.05, 0) is 49.1 Å². The van der Waals surface area contributed by atoms with Crippen LogP contribution in [0.3, 0.4) is 0 Å². The topological polar surface area (TPSA) is 95.1 Å². The van der Waals surface area contributed by atoms with Gasteiger partial charge in [0.15, 0.2) is 18.1 Å². The molecule has 1 aliphatic rings. The van der Waals surface area contributed by atoms with Crippen molar-refractivity contribution in [3.05, 3.63) is 47.5 Å². The van der Waals surface area contributed by atoms with Gasteiger partial charge >= 0.3 is 0 Å². The Kier molecular flexibility index (Phi) is 7.59. The summed E-state index contributed by atoms with van der Waals surface area (Å²) in [6, 6.07) is 11.0. The molecule has 0 spiro atoms. The summed E-state index contributed by atoms with van der Waals surface area (Å²) >= 11 is 0. The second kappa shape index (κ2) is 10.6. The monoisotopic (exact) mass is 428 g/mol. The third-order valence-electron chi connectivity index (χ3n) is 4.86. The summed E-state index contributed by atoms with van der Waals surface area (Å²) in [5.74, 6) is 1.59. The third-order valence-corrected chi connectivity index (χ3v) is 4.86. The average molecular weight is 428 g/mol. The second-order valence-electron chi connectivity index (χ2n) is 7.19. The van der Waals surface area contributed by atoms with E-state index in [0.29, 0.717) is 47.6 Å². The number of rotatable bonds is 11. The fourth-order valence-electron chi connectivity index (χ4n) is 3.03. The van der Waals surface area contributed by atoms with Crippen LogP contribution in [0.4, 0.5) is 0 Å². The number of methoxy groups -OCH3 is 3. The van der Waals surface area contributed by atoms with Crippen LogP contribution >= 0.6 is 0 Å². The first-order valence-corrected chi connectivity index (χ1v) is 10.1. The molecule has 1 saturated carbocycles. The summed E-state index contributed by atoms with van der Waals surface area (Å²) in [7, 11) is 4.52. The minimum atomic E-state index is -0.235. The van der Waals surface area contributed by atoms with Crippen molar-refractivity contribution >= 4 is 11.8 Å². The summed E-state index contributed by atoms with van der Waals surface area (Å²) in [5.41, 5.74) is 1.46. The van der Waals surface area contributed by atoms with Crippen molar-refractivity contribution in [2.24, 2.45) is 0 Å². The summed E-state index contributed by atoms with van der Waals surface area (Å²) in [5, 5.41) is 5.77. The average Bonchev–Trinajstić information content (AvgIpc) is 3.61. The lowest BCUT2D eigenvalue weighted by Crippen LogP contribution is -2.30. The number of carbonyl (C=O) groups excluding carboxylic acids is 2. The van der Waals surface area contributed by atoms with Crippen LogP contribution in [0, 0.1) is 0 Å². The molecular formula is C23H28N2O6. The summed E-state index contributed by atoms with van der Waals surface area (Å²) in [6.45, 7) is 0.472. The van der Waals surface area contributed by atoms with Crippen molar-refractivity contribution in [2.45, 2.75) is 25.3 Å². The van der Waals surface area contributed by atoms with Crippen LogP contribution in [-0.4, -0.2) is 52.3 Å². The molecule has 0 unspecified atom stereocenters. The van der Waals surface area contributed by atoms with Gasteiger partial charge in [-0.1, -0.05) is 12.1 Å². The molecule has 31 heavy (non-hydrogen) atoms. The number of amides is 2. The standard InChI is InChI=1S/C23H28N2O6/c1-28-19-12-16(13-20(29-2)22(19)30-3)23(27)24-11-10-15-4-8-18(9-5-15)31-14-21(26)25-17-6-7-17/h4-5,8-9,12-13,17H,6-7,10-11,14H2,1-3H3,(H,24,27)(H,25,26). The Morgan fingerprint density at radius 3 is 2.16 bits per heavy atom. The minimum Gasteiger partial charge on any atom is -0.493 e. The molecule has 0 bridgehead atoms. The van der Waals surface area contributed by atoms with Gasteiger partial charge in [-0.3, -0.25) is 9.59 Å². The minimum absolute atomic E-state index is 0.0146. The van der Waals surface area contributed by atoms with Crippen molar-refractivity contribution in [2.75, 3.05) is 34.5 Å². The molecule has 8 heteroatoms. The highest BCUT2D eigenvalue weighted by atomic mass is 16.5. The SMILES string of the molecule is COc1cc(C(=O)NCCc2ccc(OCC(=O)NC3CC3)cc2)cc(OC)c1OC. The molecule has 166 valence electrons. The maximum Gasteiger partial charge on any atom is 0.258 e. The predicted molar refractivity (Wildman–Crippen MR) is 115 cm³/mol. The fourth-order valence-corrected chi connectivity index (χ4v) is 3.03. The van der Waals surface area contributed by atoms with E-state index in [1.165, 1.54) is 21.3 Å². The number of ether oxygens (including phenoxy) is 4. The van der Waals surface area contributed by atoms with E-state index in [2.05, 4.69) is 10.6 Å². The number of hydrogen-bond donors (Lipinski definition) is 2. The Morgan fingerprint density at radius 1 is 0.968 bits per heavy atom. The van der Waals surface area contributed by atoms with E-state index < -0.39 is 0 Å². The number of carbonyl (C=O) groups is 2.